The van der Waals surface area contributed by atoms with Gasteiger partial charge in [-0.2, -0.15) is 0 Å². The maximum Gasteiger partial charge on any atom is 0.250 e. The Labute approximate surface area is 149 Å². The molecular weight excluding hydrogens is 331 g/mol. The Hall–Kier alpha value is -3.21. The molecule has 0 radical (unpaired) electrons. The number of fused-ring (bicyclic) bond motifs is 1. The summed E-state index contributed by atoms with van der Waals surface area (Å²) in [6.07, 6.45) is 6.12. The number of nitrogens with zero attached hydrogens (tertiary/aromatic N) is 2. The monoisotopic (exact) mass is 348 g/mol. The first-order chi connectivity index (χ1) is 12.7. The minimum atomic E-state index is -0.301. The number of rotatable bonds is 4. The van der Waals surface area contributed by atoms with E-state index in [0.29, 0.717) is 17.9 Å². The smallest absolute Gasteiger partial charge is 0.250 e. The molecule has 0 amide bonds. The molecule has 26 heavy (non-hydrogen) atoms. The zero-order valence-corrected chi connectivity index (χ0v) is 14.3. The first kappa shape index (κ1) is 16.3. The van der Waals surface area contributed by atoms with E-state index in [1.807, 2.05) is 13.1 Å². The van der Waals surface area contributed by atoms with Crippen molar-refractivity contribution in [3.8, 4) is 22.5 Å². The molecule has 0 bridgehead atoms. The van der Waals surface area contributed by atoms with Crippen LogP contribution in [-0.2, 0) is 6.54 Å². The molecule has 0 unspecified atom stereocenters. The number of halogens is 1. The van der Waals surface area contributed by atoms with Crippen LogP contribution in [0.3, 0.4) is 0 Å². The molecule has 5 heteroatoms. The highest BCUT2D eigenvalue weighted by molar-refractivity contribution is 6.01. The second-order valence-corrected chi connectivity index (χ2v) is 6.13. The molecule has 130 valence electrons. The van der Waals surface area contributed by atoms with E-state index in [-0.39, 0.29) is 11.4 Å². The van der Waals surface area contributed by atoms with Crippen molar-refractivity contribution in [3.63, 3.8) is 0 Å². The van der Waals surface area contributed by atoms with E-state index in [9.17, 15) is 9.18 Å². The van der Waals surface area contributed by atoms with Gasteiger partial charge in [-0.05, 0) is 42.8 Å². The van der Waals surface area contributed by atoms with E-state index >= 15 is 0 Å². The van der Waals surface area contributed by atoms with Crippen molar-refractivity contribution in [2.75, 3.05) is 0 Å². The predicted molar refractivity (Wildman–Crippen MR) is 99.4 cm³/mol. The Kier molecular flexibility index (Phi) is 4.13. The average molecular weight is 348 g/mol. The third kappa shape index (κ3) is 2.81. The summed E-state index contributed by atoms with van der Waals surface area (Å²) >= 11 is 0. The molecule has 0 saturated carbocycles. The summed E-state index contributed by atoms with van der Waals surface area (Å²) in [5.41, 5.74) is 3.15. The molecule has 0 aliphatic rings. The predicted octanol–water partition coefficient (Wildman–Crippen LogP) is 4.87. The fourth-order valence-electron chi connectivity index (χ4n) is 3.13. The minimum Gasteiger partial charge on any atom is -0.455 e. The highest BCUT2D eigenvalue weighted by Gasteiger charge is 2.18. The zero-order chi connectivity index (χ0) is 18.1. The van der Waals surface area contributed by atoms with E-state index < -0.39 is 0 Å². The molecule has 0 aliphatic heterocycles. The molecule has 4 aromatic rings. The van der Waals surface area contributed by atoms with Crippen molar-refractivity contribution in [2.24, 2.45) is 0 Å². The fourth-order valence-corrected chi connectivity index (χ4v) is 3.13. The summed E-state index contributed by atoms with van der Waals surface area (Å²) in [6, 6.07) is 11.3. The van der Waals surface area contributed by atoms with Crippen molar-refractivity contribution < 1.29 is 8.81 Å². The van der Waals surface area contributed by atoms with Crippen LogP contribution in [0.4, 0.5) is 4.39 Å². The molecular formula is C21H17FN2O2. The van der Waals surface area contributed by atoms with Gasteiger partial charge >= 0.3 is 0 Å². The van der Waals surface area contributed by atoms with Gasteiger partial charge < -0.3 is 8.98 Å². The molecule has 0 spiro atoms. The third-order valence-electron chi connectivity index (χ3n) is 4.33. The molecule has 0 atom stereocenters. The summed E-state index contributed by atoms with van der Waals surface area (Å²) < 4.78 is 21.1. The Balaban J connectivity index is 1.99. The number of aromatic nitrogens is 2. The molecule has 0 aliphatic carbocycles. The molecule has 0 N–H and O–H groups in total. The molecule has 3 aromatic heterocycles. The SMILES string of the molecule is CCCn1cc(-c2c(-c3ccc(F)cc3)oc3ccncc23)ccc1=O. The van der Waals surface area contributed by atoms with Crippen molar-refractivity contribution >= 4 is 11.0 Å². The summed E-state index contributed by atoms with van der Waals surface area (Å²) in [7, 11) is 0. The molecule has 0 saturated heterocycles. The van der Waals surface area contributed by atoms with Gasteiger partial charge in [0, 0.05) is 53.3 Å². The maximum absolute atomic E-state index is 13.3. The topological polar surface area (TPSA) is 48.0 Å². The second-order valence-electron chi connectivity index (χ2n) is 6.13. The number of benzene rings is 1. The first-order valence-electron chi connectivity index (χ1n) is 8.50. The van der Waals surface area contributed by atoms with Crippen LogP contribution in [0.25, 0.3) is 33.4 Å². The van der Waals surface area contributed by atoms with Gasteiger partial charge in [0.15, 0.2) is 0 Å². The van der Waals surface area contributed by atoms with E-state index in [4.69, 9.17) is 4.42 Å². The summed E-state index contributed by atoms with van der Waals surface area (Å²) in [5.74, 6) is 0.333. The Morgan fingerprint density at radius 1 is 1.08 bits per heavy atom. The minimum absolute atomic E-state index is 0.0372. The highest BCUT2D eigenvalue weighted by Crippen LogP contribution is 2.40. The van der Waals surface area contributed by atoms with Crippen molar-refractivity contribution in [1.29, 1.82) is 0 Å². The largest absolute Gasteiger partial charge is 0.455 e. The van der Waals surface area contributed by atoms with Gasteiger partial charge in [0.25, 0.3) is 5.56 Å². The molecule has 1 aromatic carbocycles. The van der Waals surface area contributed by atoms with E-state index in [2.05, 4.69) is 4.98 Å². The Morgan fingerprint density at radius 2 is 1.85 bits per heavy atom. The Bertz CT molecular complexity index is 1130. The van der Waals surface area contributed by atoms with Crippen LogP contribution in [0.1, 0.15) is 13.3 Å². The third-order valence-corrected chi connectivity index (χ3v) is 4.33. The van der Waals surface area contributed by atoms with Gasteiger partial charge in [-0.15, -0.1) is 0 Å². The lowest BCUT2D eigenvalue weighted by Gasteiger charge is -2.08. The number of furan rings is 1. The zero-order valence-electron chi connectivity index (χ0n) is 14.3. The van der Waals surface area contributed by atoms with E-state index in [1.165, 1.54) is 12.1 Å². The van der Waals surface area contributed by atoms with Crippen LogP contribution in [0.2, 0.25) is 0 Å². The van der Waals surface area contributed by atoms with Crippen LogP contribution < -0.4 is 5.56 Å². The second kappa shape index (κ2) is 6.59. The lowest BCUT2D eigenvalue weighted by Crippen LogP contribution is -2.18. The van der Waals surface area contributed by atoms with Crippen LogP contribution >= 0.6 is 0 Å². The summed E-state index contributed by atoms with van der Waals surface area (Å²) in [6.45, 7) is 2.67. The highest BCUT2D eigenvalue weighted by atomic mass is 19.1. The first-order valence-corrected chi connectivity index (χ1v) is 8.50. The number of hydrogen-bond acceptors (Lipinski definition) is 3. The van der Waals surface area contributed by atoms with Crippen LogP contribution in [0.5, 0.6) is 0 Å². The van der Waals surface area contributed by atoms with Crippen molar-refractivity contribution in [3.05, 3.63) is 77.2 Å². The lowest BCUT2D eigenvalue weighted by atomic mass is 10.0. The van der Waals surface area contributed by atoms with Gasteiger partial charge in [0.05, 0.1) is 0 Å². The maximum atomic E-state index is 13.3. The Morgan fingerprint density at radius 3 is 2.62 bits per heavy atom. The number of aryl methyl sites for hydroxylation is 1. The fraction of sp³-hybridized carbons (Fsp3) is 0.143. The number of hydrogen-bond donors (Lipinski definition) is 0. The van der Waals surface area contributed by atoms with E-state index in [0.717, 1.165) is 28.5 Å². The van der Waals surface area contributed by atoms with Gasteiger partial charge in [0.2, 0.25) is 0 Å². The van der Waals surface area contributed by atoms with E-state index in [1.54, 1.807) is 47.3 Å². The molecule has 3 heterocycles. The standard InChI is InChI=1S/C21H17FN2O2/c1-2-11-24-13-15(5-8-19(24)25)20-17-12-23-10-9-18(17)26-21(20)14-3-6-16(22)7-4-14/h3-10,12-13H,2,11H2,1H3. The number of pyridine rings is 2. The average Bonchev–Trinajstić information content (AvgIpc) is 3.04. The van der Waals surface area contributed by atoms with Crippen molar-refractivity contribution in [2.45, 2.75) is 19.9 Å². The summed E-state index contributed by atoms with van der Waals surface area (Å²) in [4.78, 5) is 16.3. The normalized spacial score (nSPS) is 11.2. The van der Waals surface area contributed by atoms with Crippen LogP contribution in [0, 0.1) is 5.82 Å². The lowest BCUT2D eigenvalue weighted by molar-refractivity contribution is 0.623. The van der Waals surface area contributed by atoms with Crippen LogP contribution in [-0.4, -0.2) is 9.55 Å². The van der Waals surface area contributed by atoms with Gasteiger partial charge in [-0.1, -0.05) is 6.92 Å². The van der Waals surface area contributed by atoms with Gasteiger partial charge in [0.1, 0.15) is 17.2 Å². The van der Waals surface area contributed by atoms with Gasteiger partial charge in [-0.3, -0.25) is 9.78 Å². The molecule has 4 nitrogen and oxygen atoms in total. The quantitative estimate of drug-likeness (QED) is 0.528. The summed E-state index contributed by atoms with van der Waals surface area (Å²) in [5, 5.41) is 0.855. The molecule has 0 fully saturated rings. The van der Waals surface area contributed by atoms with Crippen molar-refractivity contribution in [1.82, 2.24) is 9.55 Å². The molecule has 4 rings (SSSR count). The van der Waals surface area contributed by atoms with Gasteiger partial charge in [-0.25, -0.2) is 4.39 Å². The van der Waals surface area contributed by atoms with Crippen LogP contribution in [0.15, 0.2) is 70.3 Å².